The quantitative estimate of drug-likeness (QED) is 0.818. The fourth-order valence-electron chi connectivity index (χ4n) is 2.78. The minimum atomic E-state index is -0.0115. The summed E-state index contributed by atoms with van der Waals surface area (Å²) in [4.78, 5) is 14.2. The molecular weight excluding hydrogens is 262 g/mol. The van der Waals surface area contributed by atoms with Crippen molar-refractivity contribution >= 4 is 5.91 Å². The Kier molecular flexibility index (Phi) is 5.79. The van der Waals surface area contributed by atoms with Gasteiger partial charge < -0.3 is 11.1 Å². The van der Waals surface area contributed by atoms with Gasteiger partial charge in [0.05, 0.1) is 12.6 Å². The predicted octanol–water partition coefficient (Wildman–Crippen LogP) is 1.10. The van der Waals surface area contributed by atoms with Crippen molar-refractivity contribution in [3.05, 3.63) is 35.4 Å². The summed E-state index contributed by atoms with van der Waals surface area (Å²) >= 11 is 0. The molecule has 1 amide bonds. The Morgan fingerprint density at radius 3 is 3.10 bits per heavy atom. The van der Waals surface area contributed by atoms with Crippen molar-refractivity contribution in [2.75, 3.05) is 20.1 Å². The van der Waals surface area contributed by atoms with Gasteiger partial charge in [-0.15, -0.1) is 0 Å². The highest BCUT2D eigenvalue weighted by Gasteiger charge is 2.27. The van der Waals surface area contributed by atoms with Crippen LogP contribution in [0.2, 0.25) is 0 Å². The molecule has 0 bridgehead atoms. The predicted molar refractivity (Wildman–Crippen MR) is 84.5 cm³/mol. The van der Waals surface area contributed by atoms with Crippen LogP contribution in [0.15, 0.2) is 24.3 Å². The van der Waals surface area contributed by atoms with Gasteiger partial charge in [0.1, 0.15) is 0 Å². The maximum atomic E-state index is 12.0. The fraction of sp³-hybridized carbons (Fsp3) is 0.471. The molecule has 4 nitrogen and oxygen atoms in total. The molecule has 1 fully saturated rings. The van der Waals surface area contributed by atoms with Crippen molar-refractivity contribution in [3.63, 3.8) is 0 Å². The van der Waals surface area contributed by atoms with Crippen LogP contribution in [0.1, 0.15) is 30.4 Å². The minimum absolute atomic E-state index is 0.0115. The highest BCUT2D eigenvalue weighted by atomic mass is 16.2. The molecule has 0 radical (unpaired) electrons. The summed E-state index contributed by atoms with van der Waals surface area (Å²) in [6.45, 7) is 2.13. The van der Waals surface area contributed by atoms with Gasteiger partial charge >= 0.3 is 0 Å². The number of piperidine rings is 1. The number of carbonyl (C=O) groups is 1. The first-order valence-corrected chi connectivity index (χ1v) is 7.48. The lowest BCUT2D eigenvalue weighted by molar-refractivity contribution is -0.127. The molecule has 1 aromatic carbocycles. The molecule has 3 N–H and O–H groups in total. The summed E-state index contributed by atoms with van der Waals surface area (Å²) in [6, 6.07) is 8.15. The number of carbonyl (C=O) groups excluding carboxylic acids is 1. The van der Waals surface area contributed by atoms with E-state index in [1.807, 2.05) is 12.1 Å². The van der Waals surface area contributed by atoms with E-state index >= 15 is 0 Å². The molecule has 1 unspecified atom stereocenters. The molecule has 1 saturated heterocycles. The Morgan fingerprint density at radius 1 is 1.48 bits per heavy atom. The first-order valence-electron chi connectivity index (χ1n) is 7.48. The topological polar surface area (TPSA) is 58.4 Å². The van der Waals surface area contributed by atoms with E-state index in [2.05, 4.69) is 34.2 Å². The molecule has 1 aliphatic heterocycles. The molecule has 1 atom stereocenters. The van der Waals surface area contributed by atoms with Crippen molar-refractivity contribution in [3.8, 4) is 11.8 Å². The molecule has 0 spiro atoms. The van der Waals surface area contributed by atoms with E-state index in [0.717, 1.165) is 37.9 Å². The number of amides is 1. The number of benzene rings is 1. The highest BCUT2D eigenvalue weighted by Crippen LogP contribution is 2.20. The number of nitrogens with one attached hydrogen (secondary N) is 1. The molecule has 1 aromatic rings. The summed E-state index contributed by atoms with van der Waals surface area (Å²) in [7, 11) is 1.71. The average molecular weight is 285 g/mol. The van der Waals surface area contributed by atoms with Gasteiger partial charge in [0.2, 0.25) is 5.91 Å². The number of likely N-dealkylation sites (tertiary alicyclic amines) is 1. The second-order valence-electron chi connectivity index (χ2n) is 5.30. The third-order valence-corrected chi connectivity index (χ3v) is 3.81. The maximum absolute atomic E-state index is 12.0. The minimum Gasteiger partial charge on any atom is -0.358 e. The molecular formula is C17H23N3O. The Hall–Kier alpha value is -1.83. The second kappa shape index (κ2) is 7.82. The first-order chi connectivity index (χ1) is 10.2. The van der Waals surface area contributed by atoms with Gasteiger partial charge in [-0.2, -0.15) is 0 Å². The van der Waals surface area contributed by atoms with Crippen LogP contribution in [0.3, 0.4) is 0 Å². The van der Waals surface area contributed by atoms with Gasteiger partial charge in [-0.1, -0.05) is 30.4 Å². The van der Waals surface area contributed by atoms with Crippen molar-refractivity contribution in [2.24, 2.45) is 5.73 Å². The third-order valence-electron chi connectivity index (χ3n) is 3.81. The van der Waals surface area contributed by atoms with Crippen LogP contribution in [-0.2, 0) is 11.3 Å². The van der Waals surface area contributed by atoms with Gasteiger partial charge in [0, 0.05) is 19.2 Å². The fourth-order valence-corrected chi connectivity index (χ4v) is 2.78. The molecule has 0 aromatic heterocycles. The van der Waals surface area contributed by atoms with Crippen molar-refractivity contribution < 1.29 is 4.79 Å². The summed E-state index contributed by atoms with van der Waals surface area (Å²) in [5.41, 5.74) is 7.57. The lowest BCUT2D eigenvalue weighted by atomic mass is 10.00. The van der Waals surface area contributed by atoms with E-state index in [9.17, 15) is 4.79 Å². The van der Waals surface area contributed by atoms with E-state index in [4.69, 9.17) is 5.73 Å². The molecule has 1 aliphatic rings. The first kappa shape index (κ1) is 15.6. The summed E-state index contributed by atoms with van der Waals surface area (Å²) in [6.07, 6.45) is 3.21. The van der Waals surface area contributed by atoms with Crippen LogP contribution in [-0.4, -0.2) is 37.0 Å². The van der Waals surface area contributed by atoms with E-state index in [1.165, 1.54) is 5.56 Å². The Bertz CT molecular complexity index is 544. The van der Waals surface area contributed by atoms with Crippen molar-refractivity contribution in [1.29, 1.82) is 0 Å². The van der Waals surface area contributed by atoms with E-state index in [-0.39, 0.29) is 11.9 Å². The van der Waals surface area contributed by atoms with Gasteiger partial charge in [-0.25, -0.2) is 0 Å². The zero-order valence-electron chi connectivity index (χ0n) is 12.6. The average Bonchev–Trinajstić information content (AvgIpc) is 2.53. The van der Waals surface area contributed by atoms with Crippen LogP contribution in [0.4, 0.5) is 0 Å². The van der Waals surface area contributed by atoms with Crippen LogP contribution in [0, 0.1) is 11.8 Å². The number of rotatable bonds is 3. The number of hydrogen-bond acceptors (Lipinski definition) is 3. The molecule has 0 aliphatic carbocycles. The normalized spacial score (nSPS) is 18.7. The number of nitrogens with two attached hydrogens (primary N) is 1. The maximum Gasteiger partial charge on any atom is 0.237 e. The van der Waals surface area contributed by atoms with Crippen LogP contribution < -0.4 is 11.1 Å². The van der Waals surface area contributed by atoms with Crippen molar-refractivity contribution in [1.82, 2.24) is 10.2 Å². The highest BCUT2D eigenvalue weighted by molar-refractivity contribution is 5.81. The lowest BCUT2D eigenvalue weighted by Gasteiger charge is -2.34. The number of likely N-dealkylation sites (N-methyl/N-ethyl adjacent to an activating group) is 1. The summed E-state index contributed by atoms with van der Waals surface area (Å²) in [5, 5.41) is 2.77. The molecule has 4 heteroatoms. The van der Waals surface area contributed by atoms with Gasteiger partial charge in [-0.3, -0.25) is 9.69 Å². The monoisotopic (exact) mass is 285 g/mol. The van der Waals surface area contributed by atoms with Gasteiger partial charge in [-0.05, 0) is 37.1 Å². The summed E-state index contributed by atoms with van der Waals surface area (Å²) < 4.78 is 0. The largest absolute Gasteiger partial charge is 0.358 e. The summed E-state index contributed by atoms with van der Waals surface area (Å²) in [5.74, 6) is 6.05. The molecule has 1 heterocycles. The van der Waals surface area contributed by atoms with E-state index < -0.39 is 0 Å². The lowest BCUT2D eigenvalue weighted by Crippen LogP contribution is -2.48. The molecule has 2 rings (SSSR count). The van der Waals surface area contributed by atoms with Crippen molar-refractivity contribution in [2.45, 2.75) is 31.8 Å². The van der Waals surface area contributed by atoms with Crippen LogP contribution in [0.5, 0.6) is 0 Å². The SMILES string of the molecule is CNC(=O)C1CCCCN1Cc1cccc(C#CCN)c1. The zero-order valence-corrected chi connectivity index (χ0v) is 12.6. The molecule has 0 saturated carbocycles. The van der Waals surface area contributed by atoms with E-state index in [1.54, 1.807) is 7.05 Å². The number of nitrogens with zero attached hydrogens (tertiary/aromatic N) is 1. The third kappa shape index (κ3) is 4.32. The van der Waals surface area contributed by atoms with Crippen LogP contribution in [0.25, 0.3) is 0 Å². The smallest absolute Gasteiger partial charge is 0.237 e. The van der Waals surface area contributed by atoms with E-state index in [0.29, 0.717) is 6.54 Å². The standard InChI is InChI=1S/C17H23N3O/c1-19-17(21)16-9-2-3-11-20(16)13-15-7-4-6-14(12-15)8-5-10-18/h4,6-7,12,16H,2-3,9-11,13,18H2,1H3,(H,19,21). The van der Waals surface area contributed by atoms with Gasteiger partial charge in [0.15, 0.2) is 0 Å². The Labute approximate surface area is 126 Å². The molecule has 21 heavy (non-hydrogen) atoms. The number of hydrogen-bond donors (Lipinski definition) is 2. The Balaban J connectivity index is 2.10. The second-order valence-corrected chi connectivity index (χ2v) is 5.30. The van der Waals surface area contributed by atoms with Gasteiger partial charge in [0.25, 0.3) is 0 Å². The van der Waals surface area contributed by atoms with Crippen LogP contribution >= 0.6 is 0 Å². The molecule has 112 valence electrons. The Morgan fingerprint density at radius 2 is 2.33 bits per heavy atom. The zero-order chi connectivity index (χ0) is 15.1.